The molecule has 3 aliphatic carbocycles. The van der Waals surface area contributed by atoms with Gasteiger partial charge in [-0.3, -0.25) is 4.79 Å². The average molecular weight is 468 g/mol. The van der Waals surface area contributed by atoms with E-state index in [2.05, 4.69) is 22.4 Å². The molecule has 1 aromatic heterocycles. The van der Waals surface area contributed by atoms with Gasteiger partial charge in [0.05, 0.1) is 11.9 Å². The van der Waals surface area contributed by atoms with Gasteiger partial charge in [-0.15, -0.1) is 0 Å². The van der Waals surface area contributed by atoms with E-state index in [1.54, 1.807) is 12.1 Å². The van der Waals surface area contributed by atoms with E-state index in [0.29, 0.717) is 35.9 Å². The number of rotatable bonds is 5. The summed E-state index contributed by atoms with van der Waals surface area (Å²) in [5, 5.41) is 16.3. The minimum atomic E-state index is -0.440. The summed E-state index contributed by atoms with van der Waals surface area (Å²) >= 11 is 0. The number of hydrogen-bond acceptors (Lipinski definition) is 4. The third-order valence-corrected chi connectivity index (χ3v) is 8.66. The van der Waals surface area contributed by atoms with Gasteiger partial charge in [0.15, 0.2) is 0 Å². The van der Waals surface area contributed by atoms with Crippen LogP contribution < -0.4 is 5.32 Å². The molecule has 0 spiro atoms. The summed E-state index contributed by atoms with van der Waals surface area (Å²) < 4.78 is 26.8. The van der Waals surface area contributed by atoms with Crippen LogP contribution >= 0.6 is 0 Å². The first-order chi connectivity index (χ1) is 16.4. The Morgan fingerprint density at radius 2 is 2.06 bits per heavy atom. The average Bonchev–Trinajstić information content (AvgIpc) is 3.11. The molecule has 0 saturated heterocycles. The van der Waals surface area contributed by atoms with Gasteiger partial charge in [-0.25, -0.2) is 13.8 Å². The van der Waals surface area contributed by atoms with E-state index in [-0.39, 0.29) is 17.1 Å². The van der Waals surface area contributed by atoms with Gasteiger partial charge in [0, 0.05) is 11.8 Å². The molecule has 0 radical (unpaired) electrons. The van der Waals surface area contributed by atoms with Crippen molar-refractivity contribution < 1.29 is 18.8 Å². The number of pyridine rings is 1. The number of amides is 1. The number of nitrogens with zero attached hydrogens (tertiary/aromatic N) is 2. The smallest absolute Gasteiger partial charge is 0.225 e. The van der Waals surface area contributed by atoms with E-state index in [1.165, 1.54) is 17.7 Å². The first-order valence-electron chi connectivity index (χ1n) is 12.3. The fourth-order valence-electron chi connectivity index (χ4n) is 7.23. The summed E-state index contributed by atoms with van der Waals surface area (Å²) in [7, 11) is 0. The Morgan fingerprint density at radius 1 is 1.24 bits per heavy atom. The molecule has 2 N–H and O–H groups in total. The third kappa shape index (κ3) is 4.10. The van der Waals surface area contributed by atoms with E-state index in [1.807, 2.05) is 6.07 Å². The molecular formula is C27H31F2N3O2. The monoisotopic (exact) mass is 467 g/mol. The number of fused-ring (bicyclic) bond motifs is 5. The molecule has 0 aliphatic heterocycles. The number of aryl methyl sites for hydroxylation is 1. The van der Waals surface area contributed by atoms with Crippen molar-refractivity contribution in [3.05, 3.63) is 59.3 Å². The lowest BCUT2D eigenvalue weighted by molar-refractivity contribution is -0.116. The van der Waals surface area contributed by atoms with Crippen LogP contribution in [0.1, 0.15) is 68.9 Å². The van der Waals surface area contributed by atoms with Crippen LogP contribution in [0.2, 0.25) is 0 Å². The minimum absolute atomic E-state index is 0.127. The van der Waals surface area contributed by atoms with Crippen molar-refractivity contribution in [1.82, 2.24) is 4.98 Å². The van der Waals surface area contributed by atoms with Crippen molar-refractivity contribution in [2.75, 3.05) is 5.32 Å². The molecule has 5 atom stereocenters. The van der Waals surface area contributed by atoms with Crippen LogP contribution in [-0.2, 0) is 11.2 Å². The number of benzene rings is 1. The standard InChI is InChI=1S/C27H31F2N3O2/c1-27-12-11-21-20-9-6-18(28)13-16(20)5-8-22(21)26(27)17(14-23(27)32-34)3-2-4-25(33)31-24-10-7-19(29)15-30-24/h6-7,9-10,13,15,17,21-22,26,34H,2-5,8,11-12,14H2,1H3,(H,30,31,33)/b32-23+/t17-,21?,22?,26?,27-/m1/s1. The second-order valence-corrected chi connectivity index (χ2v) is 10.4. The van der Waals surface area contributed by atoms with E-state index < -0.39 is 5.82 Å². The van der Waals surface area contributed by atoms with Crippen molar-refractivity contribution >= 4 is 17.4 Å². The predicted octanol–water partition coefficient (Wildman–Crippen LogP) is 6.08. The fourth-order valence-corrected chi connectivity index (χ4v) is 7.23. The normalized spacial score (nSPS) is 31.0. The SMILES string of the molecule is C[C@]12CCC3c4ccc(F)cc4CCC3C1[C@H](CCCC(=O)Nc1ccc(F)cn1)C/C2=N\O. The molecule has 3 aliphatic rings. The predicted molar refractivity (Wildman–Crippen MR) is 126 cm³/mol. The Labute approximate surface area is 198 Å². The van der Waals surface area contributed by atoms with Crippen molar-refractivity contribution in [2.45, 2.75) is 64.2 Å². The maximum absolute atomic E-state index is 13.8. The molecule has 1 heterocycles. The van der Waals surface area contributed by atoms with Gasteiger partial charge < -0.3 is 10.5 Å². The zero-order valence-electron chi connectivity index (χ0n) is 19.4. The highest BCUT2D eigenvalue weighted by Gasteiger charge is 2.57. The number of hydrogen-bond donors (Lipinski definition) is 2. The van der Waals surface area contributed by atoms with Crippen LogP contribution in [0.25, 0.3) is 0 Å². The second-order valence-electron chi connectivity index (χ2n) is 10.4. The van der Waals surface area contributed by atoms with Crippen LogP contribution in [-0.4, -0.2) is 21.8 Å². The van der Waals surface area contributed by atoms with Crippen LogP contribution in [0.3, 0.4) is 0 Å². The third-order valence-electron chi connectivity index (χ3n) is 8.66. The first-order valence-corrected chi connectivity index (χ1v) is 12.3. The van der Waals surface area contributed by atoms with Crippen molar-refractivity contribution in [3.8, 4) is 0 Å². The molecule has 7 heteroatoms. The zero-order chi connectivity index (χ0) is 23.9. The summed E-state index contributed by atoms with van der Waals surface area (Å²) in [6.07, 6.45) is 7.70. The lowest BCUT2D eigenvalue weighted by atomic mass is 9.54. The molecule has 0 bridgehead atoms. The fraction of sp³-hybridized carbons (Fsp3) is 0.519. The molecule has 180 valence electrons. The Balaban J connectivity index is 1.28. The molecule has 1 aromatic carbocycles. The molecule has 5 rings (SSSR count). The number of nitrogens with one attached hydrogen (secondary N) is 1. The largest absolute Gasteiger partial charge is 0.411 e. The molecule has 5 nitrogen and oxygen atoms in total. The van der Waals surface area contributed by atoms with E-state index in [9.17, 15) is 18.8 Å². The van der Waals surface area contributed by atoms with Gasteiger partial charge in [0.1, 0.15) is 17.5 Å². The lowest BCUT2D eigenvalue weighted by Gasteiger charge is -2.50. The lowest BCUT2D eigenvalue weighted by Crippen LogP contribution is -2.44. The number of carbonyl (C=O) groups excluding carboxylic acids is 1. The van der Waals surface area contributed by atoms with E-state index in [4.69, 9.17) is 0 Å². The molecule has 2 saturated carbocycles. The van der Waals surface area contributed by atoms with Crippen molar-refractivity contribution in [2.24, 2.45) is 28.3 Å². The van der Waals surface area contributed by atoms with Gasteiger partial charge in [-0.2, -0.15) is 0 Å². The van der Waals surface area contributed by atoms with Gasteiger partial charge in [0.25, 0.3) is 0 Å². The molecule has 2 aromatic rings. The maximum Gasteiger partial charge on any atom is 0.225 e. The van der Waals surface area contributed by atoms with Crippen molar-refractivity contribution in [1.29, 1.82) is 0 Å². The number of aromatic nitrogens is 1. The molecule has 2 fully saturated rings. The summed E-state index contributed by atoms with van der Waals surface area (Å²) in [5.74, 6) is 1.23. The summed E-state index contributed by atoms with van der Waals surface area (Å²) in [6, 6.07) is 7.97. The quantitative estimate of drug-likeness (QED) is 0.413. The highest BCUT2D eigenvalue weighted by atomic mass is 19.1. The van der Waals surface area contributed by atoms with E-state index in [0.717, 1.165) is 62.4 Å². The molecule has 1 amide bonds. The second kappa shape index (κ2) is 9.08. The van der Waals surface area contributed by atoms with Crippen molar-refractivity contribution in [3.63, 3.8) is 0 Å². The van der Waals surface area contributed by atoms with Gasteiger partial charge in [-0.1, -0.05) is 18.1 Å². The highest BCUT2D eigenvalue weighted by Crippen LogP contribution is 2.62. The topological polar surface area (TPSA) is 74.6 Å². The number of anilines is 1. The Hall–Kier alpha value is -2.83. The number of oxime groups is 1. The van der Waals surface area contributed by atoms with Crippen LogP contribution in [0.5, 0.6) is 0 Å². The van der Waals surface area contributed by atoms with Gasteiger partial charge in [0.2, 0.25) is 5.91 Å². The number of carbonyl (C=O) groups is 1. The van der Waals surface area contributed by atoms with Crippen LogP contribution in [0.15, 0.2) is 41.7 Å². The zero-order valence-corrected chi connectivity index (χ0v) is 19.4. The van der Waals surface area contributed by atoms with Crippen LogP contribution in [0.4, 0.5) is 14.6 Å². The van der Waals surface area contributed by atoms with Crippen LogP contribution in [0, 0.1) is 34.8 Å². The summed E-state index contributed by atoms with van der Waals surface area (Å²) in [6.45, 7) is 2.25. The Morgan fingerprint density at radius 3 is 2.82 bits per heavy atom. The first kappa shape index (κ1) is 22.9. The number of halogens is 2. The van der Waals surface area contributed by atoms with Gasteiger partial charge >= 0.3 is 0 Å². The Bertz CT molecular complexity index is 1100. The van der Waals surface area contributed by atoms with E-state index >= 15 is 0 Å². The molecule has 3 unspecified atom stereocenters. The molecule has 34 heavy (non-hydrogen) atoms. The van der Waals surface area contributed by atoms with Gasteiger partial charge in [-0.05, 0) is 104 Å². The minimum Gasteiger partial charge on any atom is -0.411 e. The highest BCUT2D eigenvalue weighted by molar-refractivity contribution is 5.92. The molecular weight excluding hydrogens is 436 g/mol. The Kier molecular flexibility index (Phi) is 6.13. The summed E-state index contributed by atoms with van der Waals surface area (Å²) in [5.41, 5.74) is 3.20. The maximum atomic E-state index is 13.8. The summed E-state index contributed by atoms with van der Waals surface area (Å²) in [4.78, 5) is 16.3.